The molecule has 3 aromatic rings. The summed E-state index contributed by atoms with van der Waals surface area (Å²) in [5.74, 6) is -0.326. The van der Waals surface area contributed by atoms with Crippen LogP contribution in [-0.2, 0) is 17.6 Å². The maximum atomic E-state index is 12.6. The number of ether oxygens (including phenoxy) is 1. The van der Waals surface area contributed by atoms with Crippen molar-refractivity contribution in [2.45, 2.75) is 32.7 Å². The van der Waals surface area contributed by atoms with Crippen LogP contribution >= 0.6 is 23.6 Å². The maximum Gasteiger partial charge on any atom is 0.341 e. The number of hydrogen-bond acceptors (Lipinski definition) is 4. The summed E-state index contributed by atoms with van der Waals surface area (Å²) < 4.78 is 5.29. The standard InChI is InChI=1S/C24H24N2O2S2/c1-3-28-23(27)20-15-19(14-17-9-5-4-6-10-17)30-22(20)25-24(29)26-16(2)13-18-11-7-8-12-21(18)26/h4-12,15-16H,3,13-14H2,1-2H3,(H,25,29)/t16-/m0/s1. The van der Waals surface area contributed by atoms with Gasteiger partial charge in [0.25, 0.3) is 0 Å². The van der Waals surface area contributed by atoms with E-state index in [1.807, 2.05) is 37.3 Å². The van der Waals surface area contributed by atoms with Gasteiger partial charge in [0.1, 0.15) is 5.00 Å². The van der Waals surface area contributed by atoms with Crippen LogP contribution in [0.1, 0.15) is 40.2 Å². The third-order valence-corrected chi connectivity index (χ3v) is 6.50. The summed E-state index contributed by atoms with van der Waals surface area (Å²) in [4.78, 5) is 15.8. The van der Waals surface area contributed by atoms with Crippen LogP contribution < -0.4 is 10.2 Å². The van der Waals surface area contributed by atoms with Gasteiger partial charge in [-0.2, -0.15) is 0 Å². The molecule has 6 heteroatoms. The Kier molecular flexibility index (Phi) is 6.16. The second-order valence-corrected chi connectivity index (χ2v) is 8.84. The van der Waals surface area contributed by atoms with Gasteiger partial charge in [-0.25, -0.2) is 4.79 Å². The molecule has 30 heavy (non-hydrogen) atoms. The number of hydrogen-bond donors (Lipinski definition) is 1. The molecule has 4 rings (SSSR count). The highest BCUT2D eigenvalue weighted by Gasteiger charge is 2.29. The Morgan fingerprint density at radius 1 is 1.20 bits per heavy atom. The van der Waals surface area contributed by atoms with Crippen LogP contribution in [0.25, 0.3) is 0 Å². The lowest BCUT2D eigenvalue weighted by atomic mass is 10.1. The van der Waals surface area contributed by atoms with Gasteiger partial charge >= 0.3 is 5.97 Å². The number of thiophene rings is 1. The Labute approximate surface area is 186 Å². The van der Waals surface area contributed by atoms with Gasteiger partial charge in [0.05, 0.1) is 12.2 Å². The van der Waals surface area contributed by atoms with Gasteiger partial charge in [-0.15, -0.1) is 11.3 Å². The predicted octanol–water partition coefficient (Wildman–Crippen LogP) is 5.66. The second-order valence-electron chi connectivity index (χ2n) is 7.32. The molecule has 4 nitrogen and oxygen atoms in total. The summed E-state index contributed by atoms with van der Waals surface area (Å²) in [7, 11) is 0. The normalized spacial score (nSPS) is 15.0. The van der Waals surface area contributed by atoms with Crippen molar-refractivity contribution in [3.05, 3.63) is 82.2 Å². The molecule has 0 aliphatic carbocycles. The SMILES string of the molecule is CCOC(=O)c1cc(Cc2ccccc2)sc1NC(=S)N1c2ccccc2C[C@@H]1C. The van der Waals surface area contributed by atoms with E-state index < -0.39 is 0 Å². The first kappa shape index (κ1) is 20.6. The minimum absolute atomic E-state index is 0.261. The molecule has 0 unspecified atom stereocenters. The van der Waals surface area contributed by atoms with Crippen LogP contribution in [0, 0.1) is 0 Å². The molecule has 0 amide bonds. The number of benzene rings is 2. The number of para-hydroxylation sites is 1. The Morgan fingerprint density at radius 2 is 1.93 bits per heavy atom. The fourth-order valence-corrected chi connectivity index (χ4v) is 5.33. The Balaban J connectivity index is 1.60. The van der Waals surface area contributed by atoms with Crippen molar-refractivity contribution in [3.63, 3.8) is 0 Å². The van der Waals surface area contributed by atoms with Gasteiger partial charge in [-0.3, -0.25) is 0 Å². The van der Waals surface area contributed by atoms with Crippen molar-refractivity contribution in [1.82, 2.24) is 0 Å². The van der Waals surface area contributed by atoms with Crippen molar-refractivity contribution in [2.24, 2.45) is 0 Å². The van der Waals surface area contributed by atoms with E-state index in [1.54, 1.807) is 11.3 Å². The molecule has 0 fully saturated rings. The van der Waals surface area contributed by atoms with Gasteiger partial charge < -0.3 is 15.0 Å². The molecule has 2 heterocycles. The van der Waals surface area contributed by atoms with E-state index in [9.17, 15) is 4.79 Å². The number of carbonyl (C=O) groups excluding carboxylic acids is 1. The lowest BCUT2D eigenvalue weighted by Crippen LogP contribution is -2.38. The number of nitrogens with zero attached hydrogens (tertiary/aromatic N) is 1. The first-order chi connectivity index (χ1) is 14.6. The molecule has 2 aromatic carbocycles. The Morgan fingerprint density at radius 3 is 2.70 bits per heavy atom. The minimum Gasteiger partial charge on any atom is -0.462 e. The smallest absolute Gasteiger partial charge is 0.341 e. The first-order valence-corrected chi connectivity index (χ1v) is 11.3. The van der Waals surface area contributed by atoms with Crippen LogP contribution in [0.4, 0.5) is 10.7 Å². The summed E-state index contributed by atoms with van der Waals surface area (Å²) >= 11 is 7.32. The zero-order valence-corrected chi connectivity index (χ0v) is 18.7. The number of thiocarbonyl (C=S) groups is 1. The number of carbonyl (C=O) groups is 1. The lowest BCUT2D eigenvalue weighted by Gasteiger charge is -2.26. The molecular formula is C24H24N2O2S2. The van der Waals surface area contributed by atoms with Gasteiger partial charge in [0, 0.05) is 23.0 Å². The first-order valence-electron chi connectivity index (χ1n) is 10.1. The van der Waals surface area contributed by atoms with Crippen molar-refractivity contribution in [3.8, 4) is 0 Å². The molecule has 1 atom stereocenters. The largest absolute Gasteiger partial charge is 0.462 e. The average Bonchev–Trinajstić information content (AvgIpc) is 3.28. The van der Waals surface area contributed by atoms with Crippen molar-refractivity contribution in [2.75, 3.05) is 16.8 Å². The fraction of sp³-hybridized carbons (Fsp3) is 0.250. The number of fused-ring (bicyclic) bond motifs is 1. The summed E-state index contributed by atoms with van der Waals surface area (Å²) in [5.41, 5.74) is 4.15. The molecule has 1 aromatic heterocycles. The molecule has 0 saturated heterocycles. The molecule has 0 bridgehead atoms. The van der Waals surface area contributed by atoms with Crippen LogP contribution in [0.5, 0.6) is 0 Å². The van der Waals surface area contributed by atoms with E-state index >= 15 is 0 Å². The summed E-state index contributed by atoms with van der Waals surface area (Å²) in [6.45, 7) is 4.31. The van der Waals surface area contributed by atoms with Gasteiger partial charge in [-0.05, 0) is 55.7 Å². The minimum atomic E-state index is -0.326. The second kappa shape index (κ2) is 8.98. The molecular weight excluding hydrogens is 412 g/mol. The molecule has 154 valence electrons. The molecule has 1 N–H and O–H groups in total. The summed E-state index contributed by atoms with van der Waals surface area (Å²) in [6, 6.07) is 20.7. The van der Waals surface area contributed by atoms with Gasteiger partial charge in [0.2, 0.25) is 0 Å². The van der Waals surface area contributed by atoms with Gasteiger partial charge in [-0.1, -0.05) is 48.5 Å². The van der Waals surface area contributed by atoms with Crippen molar-refractivity contribution >= 4 is 45.3 Å². The molecule has 1 aliphatic rings. The zero-order valence-electron chi connectivity index (χ0n) is 17.1. The zero-order chi connectivity index (χ0) is 21.1. The quantitative estimate of drug-likeness (QED) is 0.413. The maximum absolute atomic E-state index is 12.6. The van der Waals surface area contributed by atoms with E-state index in [4.69, 9.17) is 17.0 Å². The van der Waals surface area contributed by atoms with E-state index in [-0.39, 0.29) is 12.0 Å². The Hall–Kier alpha value is -2.70. The van der Waals surface area contributed by atoms with Crippen LogP contribution in [-0.4, -0.2) is 23.7 Å². The highest BCUT2D eigenvalue weighted by Crippen LogP contribution is 2.35. The van der Waals surface area contributed by atoms with E-state index in [2.05, 4.69) is 47.5 Å². The van der Waals surface area contributed by atoms with Crippen LogP contribution in [0.3, 0.4) is 0 Å². The predicted molar refractivity (Wildman–Crippen MR) is 128 cm³/mol. The highest BCUT2D eigenvalue weighted by atomic mass is 32.1. The van der Waals surface area contributed by atoms with Gasteiger partial charge in [0.15, 0.2) is 5.11 Å². The highest BCUT2D eigenvalue weighted by molar-refractivity contribution is 7.80. The van der Waals surface area contributed by atoms with E-state index in [1.165, 1.54) is 11.1 Å². The molecule has 1 aliphatic heterocycles. The number of rotatable bonds is 5. The number of nitrogens with one attached hydrogen (secondary N) is 1. The topological polar surface area (TPSA) is 41.6 Å². The molecule has 0 radical (unpaired) electrons. The molecule has 0 spiro atoms. The van der Waals surface area contributed by atoms with Crippen molar-refractivity contribution < 1.29 is 9.53 Å². The third-order valence-electron chi connectivity index (χ3n) is 5.15. The Bertz CT molecular complexity index is 1060. The molecule has 0 saturated carbocycles. The lowest BCUT2D eigenvalue weighted by molar-refractivity contribution is 0.0528. The number of esters is 1. The van der Waals surface area contributed by atoms with E-state index in [0.29, 0.717) is 17.3 Å². The monoisotopic (exact) mass is 436 g/mol. The van der Waals surface area contributed by atoms with Crippen LogP contribution in [0.15, 0.2) is 60.7 Å². The fourth-order valence-electron chi connectivity index (χ4n) is 3.81. The van der Waals surface area contributed by atoms with Crippen molar-refractivity contribution in [1.29, 1.82) is 0 Å². The summed E-state index contributed by atoms with van der Waals surface area (Å²) in [5, 5.41) is 4.68. The third kappa shape index (κ3) is 4.25. The van der Waals surface area contributed by atoms with Crippen LogP contribution in [0.2, 0.25) is 0 Å². The van der Waals surface area contributed by atoms with E-state index in [0.717, 1.165) is 28.4 Å². The average molecular weight is 437 g/mol. The summed E-state index contributed by atoms with van der Waals surface area (Å²) in [6.07, 6.45) is 1.71. The number of anilines is 2.